The smallest absolute Gasteiger partial charge is 0.458 e. The number of unbranched alkanes of at least 4 members (excludes halogenated alkanes) is 4. The number of nitrogens with zero attached hydrogens (tertiary/aromatic N) is 2. The monoisotopic (exact) mass is 1080 g/mol. The summed E-state index contributed by atoms with van der Waals surface area (Å²) in [4.78, 5) is 60.1. The number of Topliss-reactive ketones (excluding diaryl/α,β-unsaturated/α-hetero) is 1. The third kappa shape index (κ3) is 13.5. The molecule has 420 valence electrons. The number of carbonyl (C=O) groups is 3. The van der Waals surface area contributed by atoms with Gasteiger partial charge in [-0.05, 0) is 123 Å². The zero-order chi connectivity index (χ0) is 54.3. The first kappa shape index (κ1) is 57.3. The van der Waals surface area contributed by atoms with Crippen molar-refractivity contribution in [2.45, 2.75) is 167 Å². The van der Waals surface area contributed by atoms with E-state index in [0.717, 1.165) is 115 Å². The Morgan fingerprint density at radius 3 is 2.48 bits per heavy atom. The number of hydrogen-bond donors (Lipinski definition) is 5. The average Bonchev–Trinajstić information content (AvgIpc) is 4.26. The summed E-state index contributed by atoms with van der Waals surface area (Å²) in [6, 6.07) is 15.3. The maximum Gasteiger partial charge on any atom is 0.524 e. The van der Waals surface area contributed by atoms with Gasteiger partial charge in [-0.3, -0.25) is 24.2 Å². The Bertz CT molecular complexity index is 2630. The van der Waals surface area contributed by atoms with Crippen LogP contribution in [0, 0.1) is 47.3 Å². The van der Waals surface area contributed by atoms with Gasteiger partial charge in [0.1, 0.15) is 37.8 Å². The molecule has 1 aromatic heterocycles. The normalized spacial score (nSPS) is 29.3. The lowest BCUT2D eigenvalue weighted by Crippen LogP contribution is -2.58. The minimum atomic E-state index is -4.91. The molecule has 2 heterocycles. The molecule has 0 radical (unpaired) electrons. The number of imidazole rings is 1. The number of hydrogen-bond acceptors (Lipinski definition) is 12. The Kier molecular flexibility index (Phi) is 18.9. The standard InChI is InChI=1S/C60H82N3O13P/c1-40-62(30-31-63(40)38-44-34-43(21-24-51(44)76-77(69,70)71)49(66)37-61-28-13-4-5-14-32-72-33-15-12-18-41-16-8-6-9-17-41)29-26-52(68)73-39-50(67)55-57-56(74-58(75-57)42-19-10-7-11-20-42)54-47-23-22-45-35-46(64)25-27-59(45,2)53(47)48(65)36-60(54,55)3/h6,8-9,16-17,21,24-25,27,30-31,34-35,42,47-49,53-58,61,65-66H,4-5,7,10-15,18-20,22-23,26,28-29,32-33,36-39H2,1-3H3,(H-,69,70,71)/p+1/t47?,48-,49?,53?,54?,55-,56?,57+,58+,59-,60-/m0/s1. The van der Waals surface area contributed by atoms with Gasteiger partial charge < -0.3 is 39.0 Å². The minimum Gasteiger partial charge on any atom is -0.458 e. The van der Waals surface area contributed by atoms with Crippen molar-refractivity contribution in [2.75, 3.05) is 32.9 Å². The minimum absolute atomic E-state index is 0.0138. The first-order valence-electron chi connectivity index (χ1n) is 28.6. The number of nitrogens with one attached hydrogen (secondary N) is 1. The fourth-order valence-corrected chi connectivity index (χ4v) is 14.9. The van der Waals surface area contributed by atoms with Gasteiger partial charge in [0.05, 0.1) is 36.8 Å². The molecule has 3 aromatic rings. The van der Waals surface area contributed by atoms with Crippen LogP contribution in [-0.4, -0.2) is 99.6 Å². The predicted octanol–water partition coefficient (Wildman–Crippen LogP) is 8.13. The van der Waals surface area contributed by atoms with Gasteiger partial charge >= 0.3 is 13.8 Å². The Labute approximate surface area is 454 Å². The molecule has 17 heteroatoms. The maximum absolute atomic E-state index is 14.6. The molecule has 1 saturated heterocycles. The first-order chi connectivity index (χ1) is 37.0. The zero-order valence-electron chi connectivity index (χ0n) is 45.3. The van der Waals surface area contributed by atoms with E-state index in [-0.39, 0.29) is 66.6 Å². The van der Waals surface area contributed by atoms with Crippen molar-refractivity contribution in [2.24, 2.45) is 40.4 Å². The van der Waals surface area contributed by atoms with Gasteiger partial charge in [-0.2, -0.15) is 0 Å². The summed E-state index contributed by atoms with van der Waals surface area (Å²) in [5.41, 5.74) is 2.26. The number of aromatic nitrogens is 2. The van der Waals surface area contributed by atoms with Crippen molar-refractivity contribution in [3.05, 3.63) is 107 Å². The molecule has 77 heavy (non-hydrogen) atoms. The molecule has 0 amide bonds. The predicted molar refractivity (Wildman–Crippen MR) is 287 cm³/mol. The van der Waals surface area contributed by atoms with Crippen molar-refractivity contribution in [3.63, 3.8) is 0 Å². The quantitative estimate of drug-likeness (QED) is 0.0222. The molecule has 5 N–H and O–H groups in total. The highest BCUT2D eigenvalue weighted by molar-refractivity contribution is 7.46. The molecular weight excluding hydrogens is 1000 g/mol. The van der Waals surface area contributed by atoms with Crippen LogP contribution in [-0.2, 0) is 57.4 Å². The van der Waals surface area contributed by atoms with E-state index >= 15 is 0 Å². The first-order valence-corrected chi connectivity index (χ1v) is 30.1. The van der Waals surface area contributed by atoms with Gasteiger partial charge in [0.25, 0.3) is 5.82 Å². The number of phosphoric ester groups is 1. The fraction of sp³-hybridized carbons (Fsp3) is 0.633. The fourth-order valence-electron chi connectivity index (χ4n) is 14.4. The highest BCUT2D eigenvalue weighted by atomic mass is 31.2. The highest BCUT2D eigenvalue weighted by Crippen LogP contribution is 2.68. The maximum atomic E-state index is 14.6. The second-order valence-electron chi connectivity index (χ2n) is 23.3. The average molecular weight is 1090 g/mol. The Hall–Kier alpha value is -4.35. The molecule has 16 nitrogen and oxygen atoms in total. The Morgan fingerprint density at radius 2 is 1.70 bits per heavy atom. The topological polar surface area (TPSA) is 216 Å². The van der Waals surface area contributed by atoms with E-state index in [2.05, 4.69) is 43.4 Å². The Morgan fingerprint density at radius 1 is 0.948 bits per heavy atom. The number of ketones is 2. The largest absolute Gasteiger partial charge is 0.524 e. The van der Waals surface area contributed by atoms with E-state index in [4.69, 9.17) is 23.5 Å². The van der Waals surface area contributed by atoms with Gasteiger partial charge in [-0.15, -0.1) is 0 Å². The molecule has 6 aliphatic rings. The molecule has 5 aliphatic carbocycles. The van der Waals surface area contributed by atoms with E-state index in [1.807, 2.05) is 28.2 Å². The summed E-state index contributed by atoms with van der Waals surface area (Å²) < 4.78 is 46.2. The summed E-state index contributed by atoms with van der Waals surface area (Å²) in [5.74, 6) is -0.697. The SMILES string of the molecule is Cc1n(CCC(=O)OCC(=O)[C@H]2[C@H]3O[C@H](C4CCCCC4)OC3C3C4CCC5=CC(=O)C=C[C@]5(C)C4[C@@H](O)C[C@@]32C)cc[n+]1Cc1cc(C(O)CNCCCCCCOCCCCc2ccccc2)ccc1OP(=O)(O)O. The molecule has 1 aliphatic heterocycles. The van der Waals surface area contributed by atoms with E-state index in [0.29, 0.717) is 24.1 Å². The van der Waals surface area contributed by atoms with E-state index in [9.17, 15) is 38.9 Å². The summed E-state index contributed by atoms with van der Waals surface area (Å²) in [7, 11) is -4.91. The molecule has 9 rings (SSSR count). The van der Waals surface area contributed by atoms with Gasteiger partial charge in [0, 0.05) is 49.5 Å². The second-order valence-corrected chi connectivity index (χ2v) is 24.5. The van der Waals surface area contributed by atoms with Gasteiger partial charge in [-0.1, -0.05) is 94.0 Å². The van der Waals surface area contributed by atoms with Crippen LogP contribution < -0.4 is 14.4 Å². The molecular formula is C60H83N3O13P+. The van der Waals surface area contributed by atoms with Crippen molar-refractivity contribution < 1.29 is 67.0 Å². The summed E-state index contributed by atoms with van der Waals surface area (Å²) in [5, 5.41) is 26.6. The van der Waals surface area contributed by atoms with Gasteiger partial charge in [0.2, 0.25) is 0 Å². The molecule has 4 saturated carbocycles. The summed E-state index contributed by atoms with van der Waals surface area (Å²) >= 11 is 0. The molecule has 2 aromatic carbocycles. The van der Waals surface area contributed by atoms with Crippen LogP contribution in [0.3, 0.4) is 0 Å². The number of rotatable bonds is 26. The molecule has 0 spiro atoms. The van der Waals surface area contributed by atoms with Crippen LogP contribution in [0.15, 0.2) is 84.7 Å². The molecule has 5 unspecified atom stereocenters. The van der Waals surface area contributed by atoms with E-state index in [1.54, 1.807) is 36.7 Å². The zero-order valence-corrected chi connectivity index (χ0v) is 46.2. The number of aliphatic hydroxyl groups excluding tert-OH is 2. The van der Waals surface area contributed by atoms with Crippen molar-refractivity contribution in [1.29, 1.82) is 0 Å². The number of phosphoric acid groups is 1. The van der Waals surface area contributed by atoms with Crippen molar-refractivity contribution in [1.82, 2.24) is 9.88 Å². The summed E-state index contributed by atoms with van der Waals surface area (Å²) in [6.45, 7) is 8.62. The van der Waals surface area contributed by atoms with Gasteiger partial charge in [0.15, 0.2) is 17.9 Å². The van der Waals surface area contributed by atoms with E-state index in [1.165, 1.54) is 18.1 Å². The van der Waals surface area contributed by atoms with Crippen molar-refractivity contribution >= 4 is 25.4 Å². The lowest BCUT2D eigenvalue weighted by Gasteiger charge is -2.59. The number of esters is 1. The third-order valence-corrected chi connectivity index (χ3v) is 18.7. The van der Waals surface area contributed by atoms with Crippen LogP contribution in [0.4, 0.5) is 0 Å². The number of aryl methyl sites for hydroxylation is 2. The second kappa shape index (κ2) is 25.4. The molecule has 11 atom stereocenters. The van der Waals surface area contributed by atoms with Gasteiger partial charge in [-0.25, -0.2) is 13.7 Å². The summed E-state index contributed by atoms with van der Waals surface area (Å²) in [6.07, 6.45) is 20.6. The number of benzene rings is 2. The lowest BCUT2D eigenvalue weighted by atomic mass is 9.46. The van der Waals surface area contributed by atoms with E-state index < -0.39 is 61.7 Å². The van der Waals surface area contributed by atoms with Crippen LogP contribution in [0.25, 0.3) is 0 Å². The van der Waals surface area contributed by atoms with Crippen LogP contribution >= 0.6 is 7.82 Å². The molecule has 0 bridgehead atoms. The third-order valence-electron chi connectivity index (χ3n) is 18.3. The number of fused-ring (bicyclic) bond motifs is 7. The number of carbonyl (C=O) groups excluding carboxylic acids is 3. The number of ether oxygens (including phenoxy) is 4. The highest BCUT2D eigenvalue weighted by Gasteiger charge is 2.71. The van der Waals surface area contributed by atoms with Crippen LogP contribution in [0.1, 0.15) is 139 Å². The van der Waals surface area contributed by atoms with Crippen molar-refractivity contribution in [3.8, 4) is 5.75 Å². The number of aliphatic hydroxyl groups is 2. The van der Waals surface area contributed by atoms with Crippen LogP contribution in [0.2, 0.25) is 0 Å². The Balaban J connectivity index is 0.761. The van der Waals surface area contributed by atoms with Crippen LogP contribution in [0.5, 0.6) is 5.75 Å². The lowest BCUT2D eigenvalue weighted by molar-refractivity contribution is -0.694. The molecule has 5 fully saturated rings. The number of allylic oxidation sites excluding steroid dienone is 4.